The van der Waals surface area contributed by atoms with E-state index in [2.05, 4.69) is 24.2 Å². The number of ketones is 1. The number of fused-ring (bicyclic) bond motifs is 5. The van der Waals surface area contributed by atoms with Gasteiger partial charge in [-0.3, -0.25) is 9.48 Å². The van der Waals surface area contributed by atoms with Crippen molar-refractivity contribution in [1.82, 2.24) is 15.0 Å². The third kappa shape index (κ3) is 2.73. The van der Waals surface area contributed by atoms with Crippen molar-refractivity contribution in [3.05, 3.63) is 11.9 Å². The fraction of sp³-hybridized carbons (Fsp3) is 0.870. The van der Waals surface area contributed by atoms with Crippen LogP contribution in [0.5, 0.6) is 0 Å². The first-order valence-electron chi connectivity index (χ1n) is 11.4. The highest BCUT2D eigenvalue weighted by molar-refractivity contribution is 5.96. The topological polar surface area (TPSA) is 47.8 Å². The highest BCUT2D eigenvalue weighted by Crippen LogP contribution is 2.64. The predicted octanol–water partition coefficient (Wildman–Crippen LogP) is 4.90. The second kappa shape index (κ2) is 6.42. The lowest BCUT2D eigenvalue weighted by atomic mass is 9.49. The molecule has 4 aliphatic carbocycles. The molecule has 148 valence electrons. The first kappa shape index (κ1) is 17.9. The highest BCUT2D eigenvalue weighted by atomic mass is 16.1. The monoisotopic (exact) mass is 369 g/mol. The Hall–Kier alpha value is -1.19. The van der Waals surface area contributed by atoms with E-state index in [1.165, 1.54) is 51.4 Å². The van der Waals surface area contributed by atoms with Gasteiger partial charge in [0.1, 0.15) is 5.69 Å². The molecule has 0 amide bonds. The second-order valence-corrected chi connectivity index (χ2v) is 10.7. The molecule has 0 radical (unpaired) electrons. The minimum atomic E-state index is 0.157. The molecular formula is C23H35N3O. The van der Waals surface area contributed by atoms with Gasteiger partial charge < -0.3 is 0 Å². The van der Waals surface area contributed by atoms with Crippen LogP contribution in [0.4, 0.5) is 0 Å². The van der Waals surface area contributed by atoms with Crippen molar-refractivity contribution >= 4 is 5.78 Å². The lowest BCUT2D eigenvalue weighted by Crippen LogP contribution is -2.49. The van der Waals surface area contributed by atoms with E-state index < -0.39 is 0 Å². The van der Waals surface area contributed by atoms with Gasteiger partial charge in [-0.1, -0.05) is 25.5 Å². The normalized spacial score (nSPS) is 46.4. The summed E-state index contributed by atoms with van der Waals surface area (Å²) in [7, 11) is 1.84. The van der Waals surface area contributed by atoms with Crippen LogP contribution in [0.15, 0.2) is 6.20 Å². The Balaban J connectivity index is 1.37. The molecule has 4 aliphatic rings. The second-order valence-electron chi connectivity index (χ2n) is 10.7. The number of hydrogen-bond donors (Lipinski definition) is 0. The zero-order valence-corrected chi connectivity index (χ0v) is 17.2. The number of carbonyl (C=O) groups is 1. The highest BCUT2D eigenvalue weighted by Gasteiger charge is 2.58. The number of rotatable bonds is 2. The van der Waals surface area contributed by atoms with Crippen molar-refractivity contribution in [2.75, 3.05) is 0 Å². The van der Waals surface area contributed by atoms with Crippen molar-refractivity contribution < 1.29 is 4.79 Å². The van der Waals surface area contributed by atoms with Crippen LogP contribution in [0.2, 0.25) is 0 Å². The number of nitrogens with zero attached hydrogens (tertiary/aromatic N) is 3. The molecule has 8 unspecified atom stereocenters. The molecule has 0 bridgehead atoms. The molecule has 0 saturated heterocycles. The summed E-state index contributed by atoms with van der Waals surface area (Å²) in [4.78, 5) is 13.2. The minimum absolute atomic E-state index is 0.157. The zero-order chi connectivity index (χ0) is 18.8. The molecule has 4 saturated carbocycles. The summed E-state index contributed by atoms with van der Waals surface area (Å²) in [6.45, 7) is 4.90. The predicted molar refractivity (Wildman–Crippen MR) is 105 cm³/mol. The van der Waals surface area contributed by atoms with Gasteiger partial charge in [-0.25, -0.2) is 0 Å². The molecule has 0 spiro atoms. The van der Waals surface area contributed by atoms with E-state index in [4.69, 9.17) is 0 Å². The van der Waals surface area contributed by atoms with Crippen LogP contribution in [0.3, 0.4) is 0 Å². The average molecular weight is 370 g/mol. The first-order valence-corrected chi connectivity index (χ1v) is 11.4. The quantitative estimate of drug-likeness (QED) is 0.696. The SMILES string of the molecule is CC1CCC2C(CCC3C2CCC2(C)C(C(=O)c4cn(C)nn4)CCC32)C1. The van der Waals surface area contributed by atoms with Gasteiger partial charge in [0.05, 0.1) is 6.20 Å². The maximum atomic E-state index is 13.2. The van der Waals surface area contributed by atoms with Crippen molar-refractivity contribution in [2.24, 2.45) is 53.9 Å². The molecular weight excluding hydrogens is 334 g/mol. The van der Waals surface area contributed by atoms with Crippen LogP contribution in [0.1, 0.15) is 82.1 Å². The van der Waals surface area contributed by atoms with Crippen molar-refractivity contribution in [3.8, 4) is 0 Å². The Labute approximate surface area is 163 Å². The Kier molecular flexibility index (Phi) is 4.25. The van der Waals surface area contributed by atoms with Crippen LogP contribution in [0.25, 0.3) is 0 Å². The molecule has 0 aliphatic heterocycles. The Bertz CT molecular complexity index is 727. The van der Waals surface area contributed by atoms with Crippen LogP contribution in [-0.2, 0) is 7.05 Å². The largest absolute Gasteiger partial charge is 0.292 e. The van der Waals surface area contributed by atoms with E-state index in [9.17, 15) is 4.79 Å². The van der Waals surface area contributed by atoms with E-state index in [1.54, 1.807) is 10.9 Å². The van der Waals surface area contributed by atoms with Crippen molar-refractivity contribution in [2.45, 2.75) is 71.6 Å². The zero-order valence-electron chi connectivity index (χ0n) is 17.2. The summed E-state index contributed by atoms with van der Waals surface area (Å²) in [6, 6.07) is 0. The summed E-state index contributed by atoms with van der Waals surface area (Å²) in [6.07, 6.45) is 14.0. The number of aryl methyl sites for hydroxylation is 1. The molecule has 1 heterocycles. The van der Waals surface area contributed by atoms with Crippen molar-refractivity contribution in [1.29, 1.82) is 0 Å². The minimum Gasteiger partial charge on any atom is -0.292 e. The molecule has 1 aromatic rings. The summed E-state index contributed by atoms with van der Waals surface area (Å²) in [5, 5.41) is 8.13. The van der Waals surface area contributed by atoms with Gasteiger partial charge in [0.2, 0.25) is 0 Å². The molecule has 1 aromatic heterocycles. The van der Waals surface area contributed by atoms with Gasteiger partial charge in [0, 0.05) is 13.0 Å². The van der Waals surface area contributed by atoms with Crippen LogP contribution >= 0.6 is 0 Å². The Morgan fingerprint density at radius 2 is 1.89 bits per heavy atom. The van der Waals surface area contributed by atoms with E-state index >= 15 is 0 Å². The third-order valence-corrected chi connectivity index (χ3v) is 9.39. The first-order chi connectivity index (χ1) is 13.0. The maximum Gasteiger partial charge on any atom is 0.188 e. The lowest BCUT2D eigenvalue weighted by Gasteiger charge is -2.56. The molecule has 5 rings (SSSR count). The molecule has 4 fully saturated rings. The van der Waals surface area contributed by atoms with Gasteiger partial charge >= 0.3 is 0 Å². The number of aromatic nitrogens is 3. The smallest absolute Gasteiger partial charge is 0.188 e. The molecule has 0 aromatic carbocycles. The van der Waals surface area contributed by atoms with Crippen molar-refractivity contribution in [3.63, 3.8) is 0 Å². The van der Waals surface area contributed by atoms with E-state index in [1.807, 2.05) is 7.05 Å². The summed E-state index contributed by atoms with van der Waals surface area (Å²) in [5.74, 6) is 5.91. The van der Waals surface area contributed by atoms with E-state index in [-0.39, 0.29) is 17.1 Å². The van der Waals surface area contributed by atoms with Gasteiger partial charge in [-0.2, -0.15) is 0 Å². The molecule has 27 heavy (non-hydrogen) atoms. The molecule has 0 N–H and O–H groups in total. The number of hydrogen-bond acceptors (Lipinski definition) is 3. The fourth-order valence-corrected chi connectivity index (χ4v) is 8.16. The maximum absolute atomic E-state index is 13.2. The van der Waals surface area contributed by atoms with Gasteiger partial charge in [-0.15, -0.1) is 5.10 Å². The van der Waals surface area contributed by atoms with E-state index in [0.717, 1.165) is 41.9 Å². The standard InChI is InChI=1S/C23H35N3O/c1-14-4-6-16-15(12-14)5-7-18-17(16)10-11-23(2)19(18)8-9-20(23)22(27)21-13-26(3)25-24-21/h13-20H,4-12H2,1-3H3. The number of carbonyl (C=O) groups excluding carboxylic acids is 1. The van der Waals surface area contributed by atoms with E-state index in [0.29, 0.717) is 5.69 Å². The van der Waals surface area contributed by atoms with Gasteiger partial charge in [-0.05, 0) is 92.3 Å². The van der Waals surface area contributed by atoms with Crippen LogP contribution in [-0.4, -0.2) is 20.8 Å². The summed E-state index contributed by atoms with van der Waals surface area (Å²) in [5.41, 5.74) is 0.765. The summed E-state index contributed by atoms with van der Waals surface area (Å²) < 4.78 is 1.66. The Morgan fingerprint density at radius 3 is 2.67 bits per heavy atom. The number of Topliss-reactive ketones (excluding diaryl/α,β-unsaturated/α-hetero) is 1. The molecule has 4 heteroatoms. The Morgan fingerprint density at radius 1 is 1.07 bits per heavy atom. The third-order valence-electron chi connectivity index (χ3n) is 9.39. The molecule has 4 nitrogen and oxygen atoms in total. The fourth-order valence-electron chi connectivity index (χ4n) is 8.16. The van der Waals surface area contributed by atoms with Crippen LogP contribution < -0.4 is 0 Å². The average Bonchev–Trinajstić information content (AvgIpc) is 3.23. The molecule has 8 atom stereocenters. The summed E-state index contributed by atoms with van der Waals surface area (Å²) >= 11 is 0. The lowest BCUT2D eigenvalue weighted by molar-refractivity contribution is -0.0634. The van der Waals surface area contributed by atoms with Gasteiger partial charge in [0.15, 0.2) is 5.78 Å². The van der Waals surface area contributed by atoms with Crippen LogP contribution in [0, 0.1) is 46.8 Å². The van der Waals surface area contributed by atoms with Gasteiger partial charge in [0.25, 0.3) is 0 Å².